The molecule has 102 valence electrons. The van der Waals surface area contributed by atoms with E-state index < -0.39 is 0 Å². The number of aryl methyl sites for hydroxylation is 1. The molecule has 1 heterocycles. The first-order valence-electron chi connectivity index (χ1n) is 6.61. The molecule has 1 amide bonds. The van der Waals surface area contributed by atoms with E-state index >= 15 is 0 Å². The van der Waals surface area contributed by atoms with Gasteiger partial charge in [-0.15, -0.1) is 5.10 Å². The number of carbonyl (C=O) groups excluding carboxylic acids is 1. The second kappa shape index (κ2) is 7.08. The minimum Gasteiger partial charge on any atom is -0.278 e. The summed E-state index contributed by atoms with van der Waals surface area (Å²) in [5, 5.41) is 11.8. The van der Waals surface area contributed by atoms with E-state index in [1.807, 2.05) is 13.8 Å². The molecule has 6 heteroatoms. The summed E-state index contributed by atoms with van der Waals surface area (Å²) in [6.07, 6.45) is 4.47. The van der Waals surface area contributed by atoms with Crippen LogP contribution in [0.1, 0.15) is 46.5 Å². The maximum Gasteiger partial charge on any atom is 0.272 e. The van der Waals surface area contributed by atoms with Crippen molar-refractivity contribution in [3.63, 3.8) is 0 Å². The maximum absolute atomic E-state index is 12.1. The standard InChI is InChI=1S/C12H23N5O/c1-5-6-7-8-9-17(11(18)10(2)3)12-13-15-16(4)14-12/h10H,5-9H2,1-4H3. The second-order valence-electron chi connectivity index (χ2n) is 4.78. The van der Waals surface area contributed by atoms with Crippen molar-refractivity contribution in [2.75, 3.05) is 11.4 Å². The minimum absolute atomic E-state index is 0.0551. The van der Waals surface area contributed by atoms with Gasteiger partial charge in [-0.1, -0.05) is 45.1 Å². The van der Waals surface area contributed by atoms with Crippen molar-refractivity contribution in [2.45, 2.75) is 46.5 Å². The van der Waals surface area contributed by atoms with Crippen molar-refractivity contribution in [2.24, 2.45) is 13.0 Å². The van der Waals surface area contributed by atoms with Gasteiger partial charge in [0.05, 0.1) is 7.05 Å². The monoisotopic (exact) mass is 253 g/mol. The molecule has 0 aromatic carbocycles. The van der Waals surface area contributed by atoms with E-state index in [1.54, 1.807) is 11.9 Å². The Labute approximate surface area is 108 Å². The fourth-order valence-corrected chi connectivity index (χ4v) is 1.70. The van der Waals surface area contributed by atoms with Crippen molar-refractivity contribution in [1.82, 2.24) is 20.2 Å². The van der Waals surface area contributed by atoms with E-state index in [-0.39, 0.29) is 11.8 Å². The first-order chi connectivity index (χ1) is 8.56. The van der Waals surface area contributed by atoms with E-state index in [0.29, 0.717) is 12.5 Å². The van der Waals surface area contributed by atoms with Crippen LogP contribution in [0.2, 0.25) is 0 Å². The molecule has 0 aliphatic carbocycles. The molecule has 0 aliphatic rings. The zero-order valence-electron chi connectivity index (χ0n) is 11.8. The summed E-state index contributed by atoms with van der Waals surface area (Å²) in [7, 11) is 1.70. The van der Waals surface area contributed by atoms with Crippen molar-refractivity contribution >= 4 is 11.9 Å². The first-order valence-corrected chi connectivity index (χ1v) is 6.61. The fraction of sp³-hybridized carbons (Fsp3) is 0.833. The molecular formula is C12H23N5O. The van der Waals surface area contributed by atoms with Crippen LogP contribution in [-0.4, -0.2) is 32.7 Å². The van der Waals surface area contributed by atoms with Crippen molar-refractivity contribution in [1.29, 1.82) is 0 Å². The van der Waals surface area contributed by atoms with Crippen LogP contribution in [0.5, 0.6) is 0 Å². The highest BCUT2D eigenvalue weighted by Crippen LogP contribution is 2.12. The predicted octanol–water partition coefficient (Wildman–Crippen LogP) is 1.78. The predicted molar refractivity (Wildman–Crippen MR) is 70.1 cm³/mol. The number of unbranched alkanes of at least 4 members (excludes halogenated alkanes) is 3. The number of hydrogen-bond donors (Lipinski definition) is 0. The number of tetrazole rings is 1. The smallest absolute Gasteiger partial charge is 0.272 e. The van der Waals surface area contributed by atoms with Gasteiger partial charge in [0.15, 0.2) is 0 Å². The van der Waals surface area contributed by atoms with Gasteiger partial charge in [0.1, 0.15) is 0 Å². The van der Waals surface area contributed by atoms with Crippen LogP contribution in [0.3, 0.4) is 0 Å². The second-order valence-corrected chi connectivity index (χ2v) is 4.78. The Morgan fingerprint density at radius 1 is 1.33 bits per heavy atom. The first kappa shape index (κ1) is 14.6. The average Bonchev–Trinajstić information content (AvgIpc) is 2.75. The molecule has 0 bridgehead atoms. The number of rotatable bonds is 7. The van der Waals surface area contributed by atoms with Crippen LogP contribution in [0.15, 0.2) is 0 Å². The van der Waals surface area contributed by atoms with Gasteiger partial charge in [0.2, 0.25) is 5.91 Å². The van der Waals surface area contributed by atoms with E-state index in [9.17, 15) is 4.79 Å². The molecule has 0 saturated heterocycles. The SMILES string of the molecule is CCCCCCN(C(=O)C(C)C)c1nnn(C)n1. The summed E-state index contributed by atoms with van der Waals surface area (Å²) in [6.45, 7) is 6.61. The molecule has 0 atom stereocenters. The molecule has 18 heavy (non-hydrogen) atoms. The van der Waals surface area contributed by atoms with Gasteiger partial charge in [0, 0.05) is 12.5 Å². The molecule has 0 spiro atoms. The Kier molecular flexibility index (Phi) is 5.74. The molecule has 0 radical (unpaired) electrons. The normalized spacial score (nSPS) is 10.9. The lowest BCUT2D eigenvalue weighted by atomic mass is 10.1. The van der Waals surface area contributed by atoms with Crippen molar-refractivity contribution in [3.05, 3.63) is 0 Å². The molecule has 1 rings (SSSR count). The van der Waals surface area contributed by atoms with Crippen molar-refractivity contribution < 1.29 is 4.79 Å². The highest BCUT2D eigenvalue weighted by atomic mass is 16.2. The fourth-order valence-electron chi connectivity index (χ4n) is 1.70. The Bertz CT molecular complexity index is 374. The number of carbonyl (C=O) groups is 1. The Balaban J connectivity index is 2.67. The quantitative estimate of drug-likeness (QED) is 0.695. The lowest BCUT2D eigenvalue weighted by Gasteiger charge is -2.20. The Hall–Kier alpha value is -1.46. The van der Waals surface area contributed by atoms with E-state index in [4.69, 9.17) is 0 Å². The molecule has 6 nitrogen and oxygen atoms in total. The summed E-state index contributed by atoms with van der Waals surface area (Å²) >= 11 is 0. The van der Waals surface area contributed by atoms with Gasteiger partial charge in [-0.25, -0.2) is 0 Å². The zero-order chi connectivity index (χ0) is 13.5. The van der Waals surface area contributed by atoms with Crippen LogP contribution < -0.4 is 4.90 Å². The lowest BCUT2D eigenvalue weighted by Crippen LogP contribution is -2.36. The van der Waals surface area contributed by atoms with Crippen LogP contribution in [0.25, 0.3) is 0 Å². The summed E-state index contributed by atoms with van der Waals surface area (Å²) in [5.41, 5.74) is 0. The van der Waals surface area contributed by atoms with Crippen LogP contribution >= 0.6 is 0 Å². The van der Waals surface area contributed by atoms with Gasteiger partial charge in [-0.2, -0.15) is 4.80 Å². The molecular weight excluding hydrogens is 230 g/mol. The van der Waals surface area contributed by atoms with Gasteiger partial charge in [-0.05, 0) is 11.6 Å². The summed E-state index contributed by atoms with van der Waals surface area (Å²) in [4.78, 5) is 15.1. The average molecular weight is 253 g/mol. The number of nitrogens with zero attached hydrogens (tertiary/aromatic N) is 5. The third kappa shape index (κ3) is 4.09. The third-order valence-electron chi connectivity index (χ3n) is 2.73. The highest BCUT2D eigenvalue weighted by Gasteiger charge is 2.22. The number of hydrogen-bond acceptors (Lipinski definition) is 4. The summed E-state index contributed by atoms with van der Waals surface area (Å²) in [6, 6.07) is 0. The molecule has 0 saturated carbocycles. The highest BCUT2D eigenvalue weighted by molar-refractivity contribution is 5.92. The van der Waals surface area contributed by atoms with Crippen LogP contribution in [0, 0.1) is 5.92 Å². The lowest BCUT2D eigenvalue weighted by molar-refractivity contribution is -0.121. The molecule has 1 aromatic heterocycles. The topological polar surface area (TPSA) is 63.9 Å². The molecule has 0 fully saturated rings. The maximum atomic E-state index is 12.1. The van der Waals surface area contributed by atoms with Gasteiger partial charge in [0.25, 0.3) is 5.95 Å². The van der Waals surface area contributed by atoms with E-state index in [2.05, 4.69) is 22.3 Å². The van der Waals surface area contributed by atoms with Crippen molar-refractivity contribution in [3.8, 4) is 0 Å². The largest absolute Gasteiger partial charge is 0.278 e. The Morgan fingerprint density at radius 2 is 2.06 bits per heavy atom. The summed E-state index contributed by atoms with van der Waals surface area (Å²) < 4.78 is 0. The van der Waals surface area contributed by atoms with Gasteiger partial charge >= 0.3 is 0 Å². The van der Waals surface area contributed by atoms with Crippen LogP contribution in [0.4, 0.5) is 5.95 Å². The zero-order valence-corrected chi connectivity index (χ0v) is 11.8. The minimum atomic E-state index is -0.0556. The Morgan fingerprint density at radius 3 is 2.56 bits per heavy atom. The van der Waals surface area contributed by atoms with E-state index in [1.165, 1.54) is 17.6 Å². The molecule has 0 aliphatic heterocycles. The number of anilines is 1. The van der Waals surface area contributed by atoms with E-state index in [0.717, 1.165) is 12.8 Å². The number of aromatic nitrogens is 4. The van der Waals surface area contributed by atoms with Crippen LogP contribution in [-0.2, 0) is 11.8 Å². The summed E-state index contributed by atoms with van der Waals surface area (Å²) in [5.74, 6) is 0.409. The third-order valence-corrected chi connectivity index (χ3v) is 2.73. The van der Waals surface area contributed by atoms with Gasteiger partial charge < -0.3 is 0 Å². The molecule has 1 aromatic rings. The molecule has 0 unspecified atom stereocenters. The molecule has 0 N–H and O–H groups in total. The van der Waals surface area contributed by atoms with Gasteiger partial charge in [-0.3, -0.25) is 9.69 Å². The number of amides is 1.